The predicted molar refractivity (Wildman–Crippen MR) is 97.6 cm³/mol. The third-order valence-corrected chi connectivity index (χ3v) is 4.47. The van der Waals surface area contributed by atoms with Crippen molar-refractivity contribution in [1.82, 2.24) is 4.90 Å². The summed E-state index contributed by atoms with van der Waals surface area (Å²) in [5, 5.41) is 0.449. The molecule has 0 fully saturated rings. The molecule has 0 aliphatic rings. The Hall–Kier alpha value is -1.85. The highest BCUT2D eigenvalue weighted by Crippen LogP contribution is 2.23. The summed E-state index contributed by atoms with van der Waals surface area (Å²) in [4.78, 5) is 25.5. The molecule has 0 spiro atoms. The van der Waals surface area contributed by atoms with Gasteiger partial charge in [-0.3, -0.25) is 9.59 Å². The number of hydrogen-bond donors (Lipinski definition) is 0. The molecule has 4 nitrogen and oxygen atoms in total. The molecule has 0 aliphatic heterocycles. The molecule has 2 aromatic rings. The Morgan fingerprint density at radius 1 is 1.21 bits per heavy atom. The van der Waals surface area contributed by atoms with Gasteiger partial charge in [0.15, 0.2) is 12.4 Å². The third-order valence-electron chi connectivity index (χ3n) is 3.46. The van der Waals surface area contributed by atoms with Crippen molar-refractivity contribution in [3.8, 4) is 5.75 Å². The summed E-state index contributed by atoms with van der Waals surface area (Å²) < 4.78 is 6.47. The second-order valence-corrected chi connectivity index (χ2v) is 6.62. The molecule has 0 saturated heterocycles. The summed E-state index contributed by atoms with van der Waals surface area (Å²) in [6.45, 7) is 1.74. The van der Waals surface area contributed by atoms with Gasteiger partial charge in [-0.15, -0.1) is 0 Å². The molecule has 6 heteroatoms. The summed E-state index contributed by atoms with van der Waals surface area (Å²) in [6.07, 6.45) is 0. The number of ether oxygens (including phenoxy) is 1. The molecule has 0 unspecified atom stereocenters. The zero-order chi connectivity index (χ0) is 17.7. The molecule has 0 aromatic heterocycles. The van der Waals surface area contributed by atoms with E-state index in [0.717, 1.165) is 10.0 Å². The van der Waals surface area contributed by atoms with Crippen LogP contribution in [0.15, 0.2) is 46.9 Å². The van der Waals surface area contributed by atoms with Crippen molar-refractivity contribution in [3.05, 3.63) is 63.1 Å². The van der Waals surface area contributed by atoms with E-state index >= 15 is 0 Å². The highest BCUT2D eigenvalue weighted by molar-refractivity contribution is 9.10. The van der Waals surface area contributed by atoms with Crippen LogP contribution in [0.4, 0.5) is 0 Å². The lowest BCUT2D eigenvalue weighted by Gasteiger charge is -2.19. The van der Waals surface area contributed by atoms with E-state index in [1.54, 1.807) is 24.1 Å². The van der Waals surface area contributed by atoms with Crippen molar-refractivity contribution >= 4 is 39.2 Å². The Morgan fingerprint density at radius 3 is 2.58 bits per heavy atom. The van der Waals surface area contributed by atoms with E-state index in [0.29, 0.717) is 22.9 Å². The van der Waals surface area contributed by atoms with Gasteiger partial charge in [0.25, 0.3) is 5.91 Å². The quantitative estimate of drug-likeness (QED) is 0.665. The zero-order valence-electron chi connectivity index (χ0n) is 13.4. The van der Waals surface area contributed by atoms with Crippen molar-refractivity contribution in [2.75, 3.05) is 13.7 Å². The van der Waals surface area contributed by atoms with Crippen molar-refractivity contribution < 1.29 is 14.3 Å². The minimum absolute atomic E-state index is 0.150. The Kier molecular flexibility index (Phi) is 6.40. The van der Waals surface area contributed by atoms with Gasteiger partial charge in [-0.2, -0.15) is 0 Å². The van der Waals surface area contributed by atoms with E-state index in [1.807, 2.05) is 24.3 Å². The predicted octanol–water partition coefficient (Wildman–Crippen LogP) is 4.34. The highest BCUT2D eigenvalue weighted by atomic mass is 79.9. The summed E-state index contributed by atoms with van der Waals surface area (Å²) in [5.74, 6) is 0.00580. The average Bonchev–Trinajstić information content (AvgIpc) is 2.55. The molecule has 0 N–H and O–H groups in total. The fourth-order valence-corrected chi connectivity index (χ4v) is 2.71. The first-order valence-electron chi connectivity index (χ1n) is 7.29. The van der Waals surface area contributed by atoms with Gasteiger partial charge >= 0.3 is 0 Å². The topological polar surface area (TPSA) is 46.6 Å². The lowest BCUT2D eigenvalue weighted by Crippen LogP contribution is -2.31. The van der Waals surface area contributed by atoms with E-state index < -0.39 is 0 Å². The number of carbonyl (C=O) groups is 2. The molecule has 0 saturated carbocycles. The van der Waals surface area contributed by atoms with Crippen molar-refractivity contribution in [2.24, 2.45) is 0 Å². The number of likely N-dealkylation sites (N-methyl/N-ethyl adjacent to an activating group) is 1. The average molecular weight is 411 g/mol. The van der Waals surface area contributed by atoms with Gasteiger partial charge in [0.1, 0.15) is 5.75 Å². The maximum Gasteiger partial charge on any atom is 0.260 e. The molecular formula is C18H17BrClNO3. The van der Waals surface area contributed by atoms with E-state index in [9.17, 15) is 9.59 Å². The highest BCUT2D eigenvalue weighted by Gasteiger charge is 2.14. The van der Waals surface area contributed by atoms with Gasteiger partial charge in [0.05, 0.1) is 5.56 Å². The lowest BCUT2D eigenvalue weighted by atomic mass is 10.1. The number of hydrogen-bond acceptors (Lipinski definition) is 3. The summed E-state index contributed by atoms with van der Waals surface area (Å²) in [7, 11) is 1.71. The van der Waals surface area contributed by atoms with Gasteiger partial charge in [-0.25, -0.2) is 0 Å². The van der Waals surface area contributed by atoms with Gasteiger partial charge in [-0.1, -0.05) is 45.7 Å². The first-order chi connectivity index (χ1) is 11.4. The van der Waals surface area contributed by atoms with Gasteiger partial charge < -0.3 is 9.64 Å². The minimum atomic E-state index is -0.185. The normalized spacial score (nSPS) is 10.3. The smallest absolute Gasteiger partial charge is 0.260 e. The summed E-state index contributed by atoms with van der Waals surface area (Å²) in [5.41, 5.74) is 1.37. The van der Waals surface area contributed by atoms with E-state index in [-0.39, 0.29) is 18.3 Å². The molecule has 2 rings (SSSR count). The monoisotopic (exact) mass is 409 g/mol. The SMILES string of the molecule is CC(=O)c1cc(Cl)ccc1OCC(=O)N(C)Cc1ccccc1Br. The Balaban J connectivity index is 2.00. The molecule has 24 heavy (non-hydrogen) atoms. The first kappa shape index (κ1) is 18.5. The number of nitrogens with zero attached hydrogens (tertiary/aromatic N) is 1. The van der Waals surface area contributed by atoms with Crippen LogP contribution >= 0.6 is 27.5 Å². The van der Waals surface area contributed by atoms with Crippen LogP contribution in [0.25, 0.3) is 0 Å². The van der Waals surface area contributed by atoms with Crippen molar-refractivity contribution in [1.29, 1.82) is 0 Å². The fourth-order valence-electron chi connectivity index (χ4n) is 2.12. The number of halogens is 2. The van der Waals surface area contributed by atoms with E-state index in [2.05, 4.69) is 15.9 Å². The Morgan fingerprint density at radius 2 is 1.92 bits per heavy atom. The fraction of sp³-hybridized carbons (Fsp3) is 0.222. The molecule has 1 amide bonds. The number of benzene rings is 2. The number of rotatable bonds is 6. The van der Waals surface area contributed by atoms with Gasteiger partial charge in [0, 0.05) is 23.1 Å². The van der Waals surface area contributed by atoms with Crippen LogP contribution in [0.2, 0.25) is 5.02 Å². The summed E-state index contributed by atoms with van der Waals surface area (Å²) >= 11 is 9.35. The largest absolute Gasteiger partial charge is 0.483 e. The maximum absolute atomic E-state index is 12.3. The van der Waals surface area contributed by atoms with Crippen LogP contribution in [-0.2, 0) is 11.3 Å². The minimum Gasteiger partial charge on any atom is -0.483 e. The third kappa shape index (κ3) is 4.82. The molecule has 126 valence electrons. The van der Waals surface area contributed by atoms with Gasteiger partial charge in [-0.05, 0) is 36.8 Å². The summed E-state index contributed by atoms with van der Waals surface area (Å²) in [6, 6.07) is 12.5. The molecule has 0 heterocycles. The lowest BCUT2D eigenvalue weighted by molar-refractivity contribution is -0.132. The van der Waals surface area contributed by atoms with Crippen LogP contribution in [0, 0.1) is 0 Å². The van der Waals surface area contributed by atoms with Crippen molar-refractivity contribution in [2.45, 2.75) is 13.5 Å². The zero-order valence-corrected chi connectivity index (χ0v) is 15.7. The second kappa shape index (κ2) is 8.31. The molecule has 2 aromatic carbocycles. The molecule has 0 aliphatic carbocycles. The van der Waals surface area contributed by atoms with Crippen LogP contribution in [-0.4, -0.2) is 30.2 Å². The van der Waals surface area contributed by atoms with E-state index in [1.165, 1.54) is 13.0 Å². The first-order valence-corrected chi connectivity index (χ1v) is 8.46. The Bertz CT molecular complexity index is 764. The Labute approximate surface area is 154 Å². The molecule has 0 bridgehead atoms. The molecular weight excluding hydrogens is 394 g/mol. The second-order valence-electron chi connectivity index (χ2n) is 5.33. The standard InChI is InChI=1S/C18H17BrClNO3/c1-12(22)15-9-14(20)7-8-17(15)24-11-18(23)21(2)10-13-5-3-4-6-16(13)19/h3-9H,10-11H2,1-2H3. The number of carbonyl (C=O) groups excluding carboxylic acids is 2. The molecule has 0 atom stereocenters. The number of Topliss-reactive ketones (excluding diaryl/α,β-unsaturated/α-hetero) is 1. The number of ketones is 1. The maximum atomic E-state index is 12.3. The van der Waals surface area contributed by atoms with Crippen LogP contribution in [0.5, 0.6) is 5.75 Å². The van der Waals surface area contributed by atoms with Crippen LogP contribution in [0.3, 0.4) is 0 Å². The molecule has 0 radical (unpaired) electrons. The van der Waals surface area contributed by atoms with Crippen LogP contribution < -0.4 is 4.74 Å². The number of amides is 1. The van der Waals surface area contributed by atoms with Gasteiger partial charge in [0.2, 0.25) is 0 Å². The van der Waals surface area contributed by atoms with Crippen LogP contribution in [0.1, 0.15) is 22.8 Å². The van der Waals surface area contributed by atoms with Crippen molar-refractivity contribution in [3.63, 3.8) is 0 Å². The van der Waals surface area contributed by atoms with E-state index in [4.69, 9.17) is 16.3 Å².